The van der Waals surface area contributed by atoms with Crippen LogP contribution in [-0.4, -0.2) is 23.7 Å². The van der Waals surface area contributed by atoms with Crippen LogP contribution in [0.3, 0.4) is 0 Å². The summed E-state index contributed by atoms with van der Waals surface area (Å²) >= 11 is 0. The minimum atomic E-state index is -0.865. The highest BCUT2D eigenvalue weighted by molar-refractivity contribution is 5.82. The number of carbonyl (C=O) groups excluding carboxylic acids is 1. The molecule has 0 unspecified atom stereocenters. The van der Waals surface area contributed by atoms with Gasteiger partial charge >= 0.3 is 11.9 Å². The maximum absolute atomic E-state index is 11.3. The van der Waals surface area contributed by atoms with Gasteiger partial charge in [-0.1, -0.05) is 24.3 Å². The first-order valence-corrected chi connectivity index (χ1v) is 6.40. The Bertz CT molecular complexity index is 508. The summed E-state index contributed by atoms with van der Waals surface area (Å²) in [6.07, 6.45) is 1.36. The molecule has 0 aromatic heterocycles. The van der Waals surface area contributed by atoms with Gasteiger partial charge in [0.15, 0.2) is 0 Å². The Labute approximate surface area is 118 Å². The van der Waals surface area contributed by atoms with E-state index in [1.54, 1.807) is 19.9 Å². The van der Waals surface area contributed by atoms with Crippen LogP contribution in [0.4, 0.5) is 0 Å². The van der Waals surface area contributed by atoms with Crippen LogP contribution in [0.15, 0.2) is 36.0 Å². The second kappa shape index (κ2) is 7.99. The Balaban J connectivity index is 2.65. The second-order valence-corrected chi connectivity index (χ2v) is 4.27. The lowest BCUT2D eigenvalue weighted by molar-refractivity contribution is -0.137. The minimum Gasteiger partial charge on any atom is -0.481 e. The van der Waals surface area contributed by atoms with Crippen LogP contribution in [0.2, 0.25) is 0 Å². The summed E-state index contributed by atoms with van der Waals surface area (Å²) in [6, 6.07) is 7.31. The monoisotopic (exact) mass is 277 g/mol. The molecule has 0 heterocycles. The topological polar surface area (TPSA) is 75.6 Å². The van der Waals surface area contributed by atoms with Crippen molar-refractivity contribution in [2.75, 3.05) is 6.61 Å². The molecule has 0 radical (unpaired) electrons. The highest BCUT2D eigenvalue weighted by atomic mass is 16.5. The van der Waals surface area contributed by atoms with E-state index in [-0.39, 0.29) is 6.42 Å². The summed E-state index contributed by atoms with van der Waals surface area (Å²) < 4.78 is 4.81. The van der Waals surface area contributed by atoms with Gasteiger partial charge in [-0.25, -0.2) is 4.79 Å². The molecule has 1 rings (SSSR count). The quantitative estimate of drug-likeness (QED) is 0.588. The van der Waals surface area contributed by atoms with Gasteiger partial charge in [-0.3, -0.25) is 4.79 Å². The summed E-state index contributed by atoms with van der Waals surface area (Å²) in [5.74, 6) is -1.26. The summed E-state index contributed by atoms with van der Waals surface area (Å²) in [6.45, 7) is 4.31. The number of hydrogen-bond acceptors (Lipinski definition) is 4. The molecule has 108 valence electrons. The first-order valence-electron chi connectivity index (χ1n) is 6.40. The number of benzene rings is 1. The van der Waals surface area contributed by atoms with Gasteiger partial charge in [0.05, 0.1) is 13.0 Å². The van der Waals surface area contributed by atoms with Gasteiger partial charge in [-0.15, -0.1) is 0 Å². The fraction of sp³-hybridized carbons (Fsp3) is 0.333. The SMILES string of the molecule is CCOC(=O)/C=C(/C)NCc1ccccc1CC(=O)O. The third-order valence-corrected chi connectivity index (χ3v) is 2.64. The van der Waals surface area contributed by atoms with Gasteiger partial charge in [0, 0.05) is 18.3 Å². The molecule has 1 aromatic carbocycles. The fourth-order valence-corrected chi connectivity index (χ4v) is 1.71. The number of hydrogen-bond donors (Lipinski definition) is 2. The molecular formula is C15H19NO4. The van der Waals surface area contributed by atoms with Crippen LogP contribution in [0.25, 0.3) is 0 Å². The van der Waals surface area contributed by atoms with Crippen molar-refractivity contribution in [3.05, 3.63) is 47.2 Å². The van der Waals surface area contributed by atoms with E-state index in [1.165, 1.54) is 6.08 Å². The first kappa shape index (κ1) is 15.8. The maximum atomic E-state index is 11.3. The lowest BCUT2D eigenvalue weighted by atomic mass is 10.0. The summed E-state index contributed by atoms with van der Waals surface area (Å²) in [7, 11) is 0. The predicted octanol–water partition coefficient (Wildman–Crippen LogP) is 1.87. The van der Waals surface area contributed by atoms with Gasteiger partial charge in [0.1, 0.15) is 0 Å². The number of rotatable bonds is 7. The van der Waals surface area contributed by atoms with Crippen molar-refractivity contribution in [2.45, 2.75) is 26.8 Å². The van der Waals surface area contributed by atoms with E-state index in [1.807, 2.05) is 18.2 Å². The lowest BCUT2D eigenvalue weighted by Gasteiger charge is -2.10. The zero-order valence-electron chi connectivity index (χ0n) is 11.7. The van der Waals surface area contributed by atoms with Crippen molar-refractivity contribution >= 4 is 11.9 Å². The van der Waals surface area contributed by atoms with Crippen LogP contribution in [-0.2, 0) is 27.3 Å². The molecule has 0 aliphatic rings. The second-order valence-electron chi connectivity index (χ2n) is 4.27. The van der Waals surface area contributed by atoms with Crippen LogP contribution >= 0.6 is 0 Å². The molecule has 0 bridgehead atoms. The van der Waals surface area contributed by atoms with Crippen LogP contribution < -0.4 is 5.32 Å². The molecule has 0 spiro atoms. The van der Waals surface area contributed by atoms with Gasteiger partial charge in [0.2, 0.25) is 0 Å². The van der Waals surface area contributed by atoms with Crippen LogP contribution in [0.1, 0.15) is 25.0 Å². The number of ether oxygens (including phenoxy) is 1. The number of carboxylic acid groups (broad SMARTS) is 1. The van der Waals surface area contributed by atoms with Crippen molar-refractivity contribution in [3.8, 4) is 0 Å². The Morgan fingerprint density at radius 2 is 1.95 bits per heavy atom. The smallest absolute Gasteiger partial charge is 0.332 e. The molecule has 0 saturated carbocycles. The van der Waals surface area contributed by atoms with E-state index in [0.717, 1.165) is 11.1 Å². The predicted molar refractivity (Wildman–Crippen MR) is 75.0 cm³/mol. The Kier molecular flexibility index (Phi) is 6.29. The van der Waals surface area contributed by atoms with Crippen molar-refractivity contribution in [3.63, 3.8) is 0 Å². The molecular weight excluding hydrogens is 258 g/mol. The van der Waals surface area contributed by atoms with Crippen molar-refractivity contribution < 1.29 is 19.4 Å². The van der Waals surface area contributed by atoms with Crippen LogP contribution in [0.5, 0.6) is 0 Å². The third kappa shape index (κ3) is 5.56. The number of aliphatic carboxylic acids is 1. The third-order valence-electron chi connectivity index (χ3n) is 2.64. The number of allylic oxidation sites excluding steroid dienone is 1. The maximum Gasteiger partial charge on any atom is 0.332 e. The summed E-state index contributed by atoms with van der Waals surface area (Å²) in [4.78, 5) is 22.0. The van der Waals surface area contributed by atoms with Gasteiger partial charge in [-0.05, 0) is 25.0 Å². The summed E-state index contributed by atoms with van der Waals surface area (Å²) in [5, 5.41) is 11.9. The summed E-state index contributed by atoms with van der Waals surface area (Å²) in [5.41, 5.74) is 2.33. The first-order chi connectivity index (χ1) is 9.52. The van der Waals surface area contributed by atoms with Crippen LogP contribution in [0, 0.1) is 0 Å². The molecule has 20 heavy (non-hydrogen) atoms. The van der Waals surface area contributed by atoms with Crippen molar-refractivity contribution in [1.29, 1.82) is 0 Å². The fourth-order valence-electron chi connectivity index (χ4n) is 1.71. The minimum absolute atomic E-state index is 0.0154. The van der Waals surface area contributed by atoms with E-state index >= 15 is 0 Å². The Morgan fingerprint density at radius 1 is 1.30 bits per heavy atom. The number of nitrogens with one attached hydrogen (secondary N) is 1. The van der Waals surface area contributed by atoms with Gasteiger partial charge < -0.3 is 15.2 Å². The standard InChI is InChI=1S/C15H19NO4/c1-3-20-15(19)8-11(2)16-10-13-7-5-4-6-12(13)9-14(17)18/h4-8,16H,3,9-10H2,1-2H3,(H,17,18)/b11-8-. The number of esters is 1. The molecule has 0 amide bonds. The van der Waals surface area contributed by atoms with Crippen molar-refractivity contribution in [2.24, 2.45) is 0 Å². The molecule has 5 nitrogen and oxygen atoms in total. The van der Waals surface area contributed by atoms with Crippen molar-refractivity contribution in [1.82, 2.24) is 5.32 Å². The lowest BCUT2D eigenvalue weighted by Crippen LogP contribution is -2.15. The average Bonchev–Trinajstić information content (AvgIpc) is 2.37. The molecule has 0 saturated heterocycles. The highest BCUT2D eigenvalue weighted by Gasteiger charge is 2.06. The Morgan fingerprint density at radius 3 is 2.55 bits per heavy atom. The zero-order chi connectivity index (χ0) is 15.0. The number of carbonyl (C=O) groups is 2. The largest absolute Gasteiger partial charge is 0.481 e. The molecule has 0 aliphatic heterocycles. The number of carboxylic acids is 1. The average molecular weight is 277 g/mol. The molecule has 2 N–H and O–H groups in total. The highest BCUT2D eigenvalue weighted by Crippen LogP contribution is 2.10. The van der Waals surface area contributed by atoms with Gasteiger partial charge in [0.25, 0.3) is 0 Å². The van der Waals surface area contributed by atoms with E-state index in [2.05, 4.69) is 5.32 Å². The van der Waals surface area contributed by atoms with E-state index < -0.39 is 11.9 Å². The molecule has 0 fully saturated rings. The normalized spacial score (nSPS) is 11.0. The molecule has 5 heteroatoms. The van der Waals surface area contributed by atoms with E-state index in [4.69, 9.17) is 9.84 Å². The van der Waals surface area contributed by atoms with E-state index in [9.17, 15) is 9.59 Å². The Hall–Kier alpha value is -2.30. The molecule has 1 aromatic rings. The molecule has 0 atom stereocenters. The van der Waals surface area contributed by atoms with E-state index in [0.29, 0.717) is 18.8 Å². The van der Waals surface area contributed by atoms with Gasteiger partial charge in [-0.2, -0.15) is 0 Å². The zero-order valence-corrected chi connectivity index (χ0v) is 11.7. The molecule has 0 aliphatic carbocycles.